The van der Waals surface area contributed by atoms with Crippen LogP contribution in [-0.4, -0.2) is 49.4 Å². The van der Waals surface area contributed by atoms with Gasteiger partial charge >= 0.3 is 0 Å². The minimum Gasteiger partial charge on any atom is -0.379 e. The van der Waals surface area contributed by atoms with Gasteiger partial charge in [-0.2, -0.15) is 0 Å². The van der Waals surface area contributed by atoms with Crippen LogP contribution in [0.3, 0.4) is 0 Å². The van der Waals surface area contributed by atoms with E-state index in [2.05, 4.69) is 10.2 Å². The predicted molar refractivity (Wildman–Crippen MR) is 102 cm³/mol. The predicted octanol–water partition coefficient (Wildman–Crippen LogP) is 3.23. The number of morpholine rings is 1. The number of benzene rings is 2. The van der Waals surface area contributed by atoms with Crippen molar-refractivity contribution < 1.29 is 14.3 Å². The maximum Gasteiger partial charge on any atom is 0.225 e. The van der Waals surface area contributed by atoms with Gasteiger partial charge in [0.25, 0.3) is 0 Å². The monoisotopic (exact) mass is 372 g/mol. The van der Waals surface area contributed by atoms with Gasteiger partial charge in [0.05, 0.1) is 18.9 Å². The van der Waals surface area contributed by atoms with E-state index >= 15 is 0 Å². The largest absolute Gasteiger partial charge is 0.379 e. The number of nitrogens with zero attached hydrogens (tertiary/aromatic N) is 1. The van der Waals surface area contributed by atoms with Gasteiger partial charge in [0.15, 0.2) is 5.78 Å². The first kappa shape index (κ1) is 18.6. The lowest BCUT2D eigenvalue weighted by atomic mass is 10.0. The molecule has 1 saturated heterocycles. The Morgan fingerprint density at radius 1 is 1.08 bits per heavy atom. The molecule has 2 aromatic carbocycles. The summed E-state index contributed by atoms with van der Waals surface area (Å²) < 4.78 is 5.31. The molecule has 0 saturated carbocycles. The highest BCUT2D eigenvalue weighted by Gasteiger charge is 2.17. The highest BCUT2D eigenvalue weighted by atomic mass is 35.5. The number of hydrogen-bond acceptors (Lipinski definition) is 4. The maximum atomic E-state index is 12.8. The van der Waals surface area contributed by atoms with Crippen molar-refractivity contribution in [2.75, 3.05) is 38.2 Å². The molecule has 1 N–H and O–H groups in total. The van der Waals surface area contributed by atoms with Crippen LogP contribution in [0.1, 0.15) is 22.3 Å². The molecule has 26 heavy (non-hydrogen) atoms. The standard InChI is InChI=1S/C20H21ClN2O3/c21-16-6-7-18(17(14-16)20(25)15-4-2-1-3-5-15)22-19(24)8-9-23-10-12-26-13-11-23/h1-7,14H,8-13H2,(H,22,24). The second kappa shape index (κ2) is 8.94. The maximum absolute atomic E-state index is 12.8. The van der Waals surface area contributed by atoms with Gasteiger partial charge in [-0.15, -0.1) is 0 Å². The van der Waals surface area contributed by atoms with E-state index in [1.165, 1.54) is 0 Å². The summed E-state index contributed by atoms with van der Waals surface area (Å²) in [5.74, 6) is -0.294. The fraction of sp³-hybridized carbons (Fsp3) is 0.300. The number of ether oxygens (including phenoxy) is 1. The number of ketones is 1. The van der Waals surface area contributed by atoms with Crippen LogP contribution in [0, 0.1) is 0 Å². The molecule has 3 rings (SSSR count). The number of carbonyl (C=O) groups is 2. The van der Waals surface area contributed by atoms with Gasteiger partial charge in [0.2, 0.25) is 5.91 Å². The van der Waals surface area contributed by atoms with E-state index in [4.69, 9.17) is 16.3 Å². The summed E-state index contributed by atoms with van der Waals surface area (Å²) in [7, 11) is 0. The van der Waals surface area contributed by atoms with Crippen LogP contribution in [0.2, 0.25) is 5.02 Å². The van der Waals surface area contributed by atoms with Crippen LogP contribution >= 0.6 is 11.6 Å². The molecule has 1 aliphatic heterocycles. The highest BCUT2D eigenvalue weighted by Crippen LogP contribution is 2.24. The molecule has 1 amide bonds. The van der Waals surface area contributed by atoms with E-state index in [0.29, 0.717) is 48.0 Å². The van der Waals surface area contributed by atoms with E-state index in [9.17, 15) is 9.59 Å². The van der Waals surface area contributed by atoms with Crippen molar-refractivity contribution in [3.05, 3.63) is 64.7 Å². The molecule has 1 aliphatic rings. The SMILES string of the molecule is O=C(CCN1CCOCC1)Nc1ccc(Cl)cc1C(=O)c1ccccc1. The van der Waals surface area contributed by atoms with Crippen LogP contribution < -0.4 is 5.32 Å². The van der Waals surface area contributed by atoms with Gasteiger partial charge in [-0.3, -0.25) is 14.5 Å². The van der Waals surface area contributed by atoms with E-state index in [1.54, 1.807) is 42.5 Å². The zero-order valence-corrected chi connectivity index (χ0v) is 15.2. The summed E-state index contributed by atoms with van der Waals surface area (Å²) in [4.78, 5) is 27.3. The second-order valence-corrected chi connectivity index (χ2v) is 6.57. The van der Waals surface area contributed by atoms with Crippen molar-refractivity contribution in [3.8, 4) is 0 Å². The zero-order chi connectivity index (χ0) is 18.4. The van der Waals surface area contributed by atoms with Gasteiger partial charge in [-0.1, -0.05) is 41.9 Å². The minimum atomic E-state index is -0.170. The lowest BCUT2D eigenvalue weighted by Crippen LogP contribution is -2.38. The van der Waals surface area contributed by atoms with Gasteiger partial charge in [0, 0.05) is 42.2 Å². The van der Waals surface area contributed by atoms with Gasteiger partial charge in [-0.25, -0.2) is 0 Å². The lowest BCUT2D eigenvalue weighted by molar-refractivity contribution is -0.116. The van der Waals surface area contributed by atoms with Crippen molar-refractivity contribution in [3.63, 3.8) is 0 Å². The van der Waals surface area contributed by atoms with E-state index in [0.717, 1.165) is 13.1 Å². The summed E-state index contributed by atoms with van der Waals surface area (Å²) in [6.07, 6.45) is 0.363. The Labute approximate surface area is 157 Å². The number of amides is 1. The second-order valence-electron chi connectivity index (χ2n) is 6.14. The minimum absolute atomic E-state index is 0.124. The van der Waals surface area contributed by atoms with E-state index in [-0.39, 0.29) is 11.7 Å². The average Bonchev–Trinajstić information content (AvgIpc) is 2.69. The Hall–Kier alpha value is -2.21. The molecular formula is C20H21ClN2O3. The van der Waals surface area contributed by atoms with Crippen molar-refractivity contribution in [1.29, 1.82) is 0 Å². The summed E-state index contributed by atoms with van der Waals surface area (Å²) in [5, 5.41) is 3.31. The molecule has 1 heterocycles. The van der Waals surface area contributed by atoms with Gasteiger partial charge in [-0.05, 0) is 18.2 Å². The number of halogens is 1. The molecule has 0 aromatic heterocycles. The van der Waals surface area contributed by atoms with E-state index < -0.39 is 0 Å². The summed E-state index contributed by atoms with van der Waals surface area (Å²) in [6, 6.07) is 13.9. The quantitative estimate of drug-likeness (QED) is 0.791. The molecule has 5 nitrogen and oxygen atoms in total. The van der Waals surface area contributed by atoms with Crippen molar-refractivity contribution in [1.82, 2.24) is 4.90 Å². The van der Waals surface area contributed by atoms with Gasteiger partial charge < -0.3 is 10.1 Å². The number of carbonyl (C=O) groups excluding carboxylic acids is 2. The number of nitrogens with one attached hydrogen (secondary N) is 1. The molecule has 0 bridgehead atoms. The molecule has 1 fully saturated rings. The molecule has 0 spiro atoms. The summed E-state index contributed by atoms with van der Waals surface area (Å²) >= 11 is 6.06. The third-order valence-corrected chi connectivity index (χ3v) is 4.53. The number of anilines is 1. The molecule has 136 valence electrons. The Balaban J connectivity index is 1.69. The topological polar surface area (TPSA) is 58.6 Å². The first-order valence-corrected chi connectivity index (χ1v) is 9.00. The van der Waals surface area contributed by atoms with Crippen LogP contribution in [-0.2, 0) is 9.53 Å². The van der Waals surface area contributed by atoms with Crippen LogP contribution in [0.4, 0.5) is 5.69 Å². The van der Waals surface area contributed by atoms with Crippen LogP contribution in [0.15, 0.2) is 48.5 Å². The molecule has 0 unspecified atom stereocenters. The Morgan fingerprint density at radius 3 is 2.54 bits per heavy atom. The Morgan fingerprint density at radius 2 is 1.81 bits per heavy atom. The third kappa shape index (κ3) is 4.91. The molecule has 6 heteroatoms. The fourth-order valence-corrected chi connectivity index (χ4v) is 3.03. The molecule has 0 radical (unpaired) electrons. The average molecular weight is 373 g/mol. The Bertz CT molecular complexity index is 774. The van der Waals surface area contributed by atoms with Gasteiger partial charge in [0.1, 0.15) is 0 Å². The van der Waals surface area contributed by atoms with Crippen molar-refractivity contribution in [2.24, 2.45) is 0 Å². The molecule has 2 aromatic rings. The van der Waals surface area contributed by atoms with Crippen molar-refractivity contribution >= 4 is 29.0 Å². The molecule has 0 atom stereocenters. The summed E-state index contributed by atoms with van der Waals surface area (Å²) in [5.41, 5.74) is 1.43. The normalized spacial score (nSPS) is 14.8. The fourth-order valence-electron chi connectivity index (χ4n) is 2.86. The first-order valence-electron chi connectivity index (χ1n) is 8.63. The third-order valence-electron chi connectivity index (χ3n) is 4.30. The van der Waals surface area contributed by atoms with Crippen LogP contribution in [0.25, 0.3) is 0 Å². The van der Waals surface area contributed by atoms with E-state index in [1.807, 2.05) is 6.07 Å². The van der Waals surface area contributed by atoms with Crippen LogP contribution in [0.5, 0.6) is 0 Å². The lowest BCUT2D eigenvalue weighted by Gasteiger charge is -2.26. The smallest absolute Gasteiger partial charge is 0.225 e. The Kier molecular flexibility index (Phi) is 6.39. The van der Waals surface area contributed by atoms with Crippen molar-refractivity contribution in [2.45, 2.75) is 6.42 Å². The summed E-state index contributed by atoms with van der Waals surface area (Å²) in [6.45, 7) is 3.76. The zero-order valence-electron chi connectivity index (χ0n) is 14.4. The number of hydrogen-bond donors (Lipinski definition) is 1. The molecule has 0 aliphatic carbocycles. The first-order chi connectivity index (χ1) is 12.6. The number of rotatable bonds is 6. The molecular weight excluding hydrogens is 352 g/mol. The highest BCUT2D eigenvalue weighted by molar-refractivity contribution is 6.31.